The molecule has 0 saturated heterocycles. The van der Waals surface area contributed by atoms with Crippen molar-refractivity contribution in [2.45, 2.75) is 25.7 Å². The van der Waals surface area contributed by atoms with Gasteiger partial charge >= 0.3 is 0 Å². The van der Waals surface area contributed by atoms with Crippen molar-refractivity contribution in [2.24, 2.45) is 0 Å². The highest BCUT2D eigenvalue weighted by Crippen LogP contribution is 2.25. The number of nitrogens with zero attached hydrogens (tertiary/aromatic N) is 5. The summed E-state index contributed by atoms with van der Waals surface area (Å²) in [7, 11) is -3.78. The molecule has 0 spiro atoms. The van der Waals surface area contributed by atoms with E-state index in [2.05, 4.69) is 24.9 Å². The van der Waals surface area contributed by atoms with E-state index in [1.807, 2.05) is 18.4 Å². The van der Waals surface area contributed by atoms with Gasteiger partial charge in [-0.3, -0.25) is 9.29 Å². The Hall–Kier alpha value is -4.51. The Kier molecular flexibility index (Phi) is 5.98. The number of hydrogen-bond donors (Lipinski definition) is 1. The number of hydrogen-bond acceptors (Lipinski definition) is 8. The monoisotopic (exact) mass is 502 g/mol. The smallest absolute Gasteiger partial charge is 0.261 e. The number of aromatic nitrogens is 5. The van der Waals surface area contributed by atoms with E-state index < -0.39 is 10.0 Å². The van der Waals surface area contributed by atoms with E-state index in [1.165, 1.54) is 18.4 Å². The fraction of sp³-hybridized carbons (Fsp3) is 0.120. The molecule has 0 unspecified atom stereocenters. The Labute approximate surface area is 207 Å². The van der Waals surface area contributed by atoms with Gasteiger partial charge in [0.1, 0.15) is 24.0 Å². The van der Waals surface area contributed by atoms with Crippen molar-refractivity contribution in [1.82, 2.24) is 24.7 Å². The third kappa shape index (κ3) is 4.82. The molecule has 0 fully saturated rings. The molecule has 11 heteroatoms. The fourth-order valence-corrected chi connectivity index (χ4v) is 4.51. The van der Waals surface area contributed by atoms with Gasteiger partial charge < -0.3 is 9.15 Å². The quantitative estimate of drug-likeness (QED) is 0.335. The predicted octanol–water partition coefficient (Wildman–Crippen LogP) is 4.84. The van der Waals surface area contributed by atoms with Gasteiger partial charge in [0.25, 0.3) is 10.0 Å². The van der Waals surface area contributed by atoms with Gasteiger partial charge in [0.15, 0.2) is 11.7 Å². The Balaban J connectivity index is 1.24. The van der Waals surface area contributed by atoms with Crippen LogP contribution in [0, 0.1) is 20.8 Å². The van der Waals surface area contributed by atoms with Crippen LogP contribution in [0.15, 0.2) is 82.6 Å². The molecule has 5 aromatic rings. The van der Waals surface area contributed by atoms with Gasteiger partial charge in [-0.25, -0.2) is 18.4 Å². The van der Waals surface area contributed by atoms with Gasteiger partial charge in [-0.1, -0.05) is 12.1 Å². The van der Waals surface area contributed by atoms with Crippen LogP contribution in [0.4, 0.5) is 5.69 Å². The third-order valence-electron chi connectivity index (χ3n) is 5.53. The molecule has 0 amide bonds. The molecule has 3 heterocycles. The second-order valence-corrected chi connectivity index (χ2v) is 9.71. The van der Waals surface area contributed by atoms with Gasteiger partial charge in [-0.05, 0) is 56.3 Å². The predicted molar refractivity (Wildman–Crippen MR) is 133 cm³/mol. The Bertz CT molecular complexity index is 1610. The van der Waals surface area contributed by atoms with Gasteiger partial charge in [0, 0.05) is 29.9 Å². The van der Waals surface area contributed by atoms with E-state index in [0.29, 0.717) is 34.7 Å². The van der Waals surface area contributed by atoms with Crippen molar-refractivity contribution in [1.29, 1.82) is 0 Å². The Morgan fingerprint density at radius 2 is 1.67 bits per heavy atom. The molecule has 3 aromatic heterocycles. The lowest BCUT2D eigenvalue weighted by atomic mass is 10.2. The van der Waals surface area contributed by atoms with Crippen molar-refractivity contribution in [2.75, 3.05) is 4.72 Å². The van der Waals surface area contributed by atoms with Crippen LogP contribution >= 0.6 is 0 Å². The first-order valence-corrected chi connectivity index (χ1v) is 12.4. The maximum Gasteiger partial charge on any atom is 0.261 e. The molecule has 0 radical (unpaired) electrons. The molecule has 0 aliphatic rings. The lowest BCUT2D eigenvalue weighted by Crippen LogP contribution is -2.12. The SMILES string of the molecule is Cc1nc(-c2ccc(S(=O)(=O)Nc3ccc(Oc4ccc(-n5cnc(C)c5C)nn4)cc3)cc2)co1. The second-order valence-electron chi connectivity index (χ2n) is 8.02. The number of aryl methyl sites for hydroxylation is 2. The molecule has 0 atom stereocenters. The number of nitrogens with one attached hydrogen (secondary N) is 1. The summed E-state index contributed by atoms with van der Waals surface area (Å²) in [5.41, 5.74) is 3.71. The highest BCUT2D eigenvalue weighted by atomic mass is 32.2. The highest BCUT2D eigenvalue weighted by molar-refractivity contribution is 7.92. The van der Waals surface area contributed by atoms with Gasteiger partial charge in [0.05, 0.1) is 10.6 Å². The molecule has 5 rings (SSSR count). The molecule has 36 heavy (non-hydrogen) atoms. The number of oxazole rings is 1. The number of benzene rings is 2. The summed E-state index contributed by atoms with van der Waals surface area (Å²) in [5, 5.41) is 8.30. The van der Waals surface area contributed by atoms with E-state index in [4.69, 9.17) is 9.15 Å². The molecule has 182 valence electrons. The Morgan fingerprint density at radius 1 is 0.917 bits per heavy atom. The maximum absolute atomic E-state index is 12.8. The van der Waals surface area contributed by atoms with Crippen molar-refractivity contribution in [3.05, 3.63) is 90.5 Å². The first-order chi connectivity index (χ1) is 17.3. The molecule has 0 saturated carbocycles. The van der Waals surface area contributed by atoms with Gasteiger partial charge in [0.2, 0.25) is 5.88 Å². The summed E-state index contributed by atoms with van der Waals surface area (Å²) in [5.74, 6) is 1.97. The molecule has 0 aliphatic carbocycles. The lowest BCUT2D eigenvalue weighted by molar-refractivity contribution is 0.454. The number of anilines is 1. The summed E-state index contributed by atoms with van der Waals surface area (Å²) in [6, 6.07) is 16.4. The zero-order valence-corrected chi connectivity index (χ0v) is 20.5. The van der Waals surface area contributed by atoms with Crippen LogP contribution in [0.1, 0.15) is 17.3 Å². The minimum absolute atomic E-state index is 0.130. The summed E-state index contributed by atoms with van der Waals surface area (Å²) in [4.78, 5) is 8.64. The summed E-state index contributed by atoms with van der Waals surface area (Å²) in [6.45, 7) is 5.63. The average molecular weight is 503 g/mol. The van der Waals surface area contributed by atoms with Crippen LogP contribution in [0.25, 0.3) is 17.1 Å². The van der Waals surface area contributed by atoms with Gasteiger partial charge in [-0.15, -0.1) is 10.2 Å². The van der Waals surface area contributed by atoms with Crippen molar-refractivity contribution < 1.29 is 17.6 Å². The van der Waals surface area contributed by atoms with Crippen molar-refractivity contribution in [3.63, 3.8) is 0 Å². The normalized spacial score (nSPS) is 11.4. The topological polar surface area (TPSA) is 125 Å². The number of imidazole rings is 1. The van der Waals surface area contributed by atoms with Crippen molar-refractivity contribution >= 4 is 15.7 Å². The fourth-order valence-electron chi connectivity index (χ4n) is 3.45. The number of rotatable bonds is 7. The molecule has 1 N–H and O–H groups in total. The average Bonchev–Trinajstić information content (AvgIpc) is 3.46. The summed E-state index contributed by atoms with van der Waals surface area (Å²) >= 11 is 0. The first-order valence-electron chi connectivity index (χ1n) is 11.0. The molecular weight excluding hydrogens is 480 g/mol. The minimum atomic E-state index is -3.78. The molecule has 0 bridgehead atoms. The minimum Gasteiger partial charge on any atom is -0.449 e. The summed E-state index contributed by atoms with van der Waals surface area (Å²) < 4.78 is 41.0. The zero-order chi connectivity index (χ0) is 25.3. The van der Waals surface area contributed by atoms with Crippen LogP contribution in [0.3, 0.4) is 0 Å². The van der Waals surface area contributed by atoms with E-state index >= 15 is 0 Å². The molecule has 0 aliphatic heterocycles. The lowest BCUT2D eigenvalue weighted by Gasteiger charge is -2.10. The summed E-state index contributed by atoms with van der Waals surface area (Å²) in [6.07, 6.45) is 3.23. The zero-order valence-electron chi connectivity index (χ0n) is 19.7. The standard InChI is InChI=1S/C25H22N6O4S/c1-16-17(2)31(15-26-16)24-12-13-25(29-28-24)35-21-8-6-20(7-9-21)30-36(32,33)22-10-4-19(5-11-22)23-14-34-18(3)27-23/h4-15,30H,1-3H3. The largest absolute Gasteiger partial charge is 0.449 e. The van der Waals surface area contributed by atoms with Crippen LogP contribution < -0.4 is 9.46 Å². The van der Waals surface area contributed by atoms with Crippen LogP contribution in [-0.4, -0.2) is 33.2 Å². The van der Waals surface area contributed by atoms with Crippen molar-refractivity contribution in [3.8, 4) is 28.7 Å². The van der Waals surface area contributed by atoms with E-state index in [9.17, 15) is 8.42 Å². The second kappa shape index (κ2) is 9.27. The number of ether oxygens (including phenoxy) is 1. The van der Waals surface area contributed by atoms with Crippen LogP contribution in [-0.2, 0) is 10.0 Å². The first kappa shape index (κ1) is 23.2. The molecule has 10 nitrogen and oxygen atoms in total. The van der Waals surface area contributed by atoms with Crippen LogP contribution in [0.5, 0.6) is 11.6 Å². The molecular formula is C25H22N6O4S. The van der Waals surface area contributed by atoms with E-state index in [-0.39, 0.29) is 4.90 Å². The highest BCUT2D eigenvalue weighted by Gasteiger charge is 2.15. The Morgan fingerprint density at radius 3 is 2.25 bits per heavy atom. The maximum atomic E-state index is 12.8. The van der Waals surface area contributed by atoms with Crippen LogP contribution in [0.2, 0.25) is 0 Å². The third-order valence-corrected chi connectivity index (χ3v) is 6.93. The number of sulfonamides is 1. The van der Waals surface area contributed by atoms with E-state index in [0.717, 1.165) is 17.0 Å². The van der Waals surface area contributed by atoms with Gasteiger partial charge in [-0.2, -0.15) is 0 Å². The van der Waals surface area contributed by atoms with E-state index in [1.54, 1.807) is 61.8 Å². The molecule has 2 aromatic carbocycles.